The van der Waals surface area contributed by atoms with Gasteiger partial charge in [-0.2, -0.15) is 13.2 Å². The topological polar surface area (TPSA) is 12.0 Å². The maximum absolute atomic E-state index is 12.4. The summed E-state index contributed by atoms with van der Waals surface area (Å²) in [4.78, 5) is 0. The summed E-state index contributed by atoms with van der Waals surface area (Å²) in [7, 11) is 0. The predicted molar refractivity (Wildman–Crippen MR) is 55.9 cm³/mol. The Balaban J connectivity index is 1.92. The molecule has 4 heteroatoms. The second kappa shape index (κ2) is 4.45. The molecule has 88 valence electrons. The largest absolute Gasteiger partial charge is 0.416 e. The number of hydrogen-bond donors (Lipinski definition) is 1. The number of rotatable bonds is 4. The fourth-order valence-corrected chi connectivity index (χ4v) is 1.60. The van der Waals surface area contributed by atoms with Gasteiger partial charge < -0.3 is 5.32 Å². The highest BCUT2D eigenvalue weighted by molar-refractivity contribution is 5.25. The Morgan fingerprint density at radius 1 is 1.25 bits per heavy atom. The van der Waals surface area contributed by atoms with Crippen molar-refractivity contribution in [2.75, 3.05) is 6.54 Å². The average Bonchev–Trinajstić information content (AvgIpc) is 3.01. The first-order chi connectivity index (χ1) is 7.55. The summed E-state index contributed by atoms with van der Waals surface area (Å²) in [6, 6.07) is 5.48. The zero-order valence-electron chi connectivity index (χ0n) is 8.85. The van der Waals surface area contributed by atoms with E-state index in [0.29, 0.717) is 12.1 Å². The van der Waals surface area contributed by atoms with Crippen molar-refractivity contribution in [2.24, 2.45) is 5.92 Å². The molecule has 0 spiro atoms. The van der Waals surface area contributed by atoms with Crippen LogP contribution in [0.25, 0.3) is 0 Å². The molecule has 1 nitrogen and oxygen atoms in total. The van der Waals surface area contributed by atoms with Crippen LogP contribution >= 0.6 is 0 Å². The first-order valence-corrected chi connectivity index (χ1v) is 5.42. The van der Waals surface area contributed by atoms with Crippen molar-refractivity contribution in [2.45, 2.75) is 25.6 Å². The summed E-state index contributed by atoms with van der Waals surface area (Å²) in [5.74, 6) is 0.741. The van der Waals surface area contributed by atoms with E-state index in [-0.39, 0.29) is 0 Å². The Kier molecular flexibility index (Phi) is 3.19. The summed E-state index contributed by atoms with van der Waals surface area (Å²) >= 11 is 0. The Labute approximate surface area is 92.7 Å². The highest BCUT2D eigenvalue weighted by Crippen LogP contribution is 2.30. The van der Waals surface area contributed by atoms with Gasteiger partial charge in [0.25, 0.3) is 0 Å². The van der Waals surface area contributed by atoms with E-state index in [1.165, 1.54) is 25.0 Å². The second-order valence-corrected chi connectivity index (χ2v) is 4.27. The van der Waals surface area contributed by atoms with Crippen LogP contribution in [0.15, 0.2) is 24.3 Å². The standard InChI is InChI=1S/C12H14F3N/c13-12(14,15)11-3-1-2-10(6-11)8-16-7-9-4-5-9/h1-3,6,9,16H,4-5,7-8H2. The normalized spacial score (nSPS) is 16.4. The van der Waals surface area contributed by atoms with Crippen molar-refractivity contribution in [3.8, 4) is 0 Å². The van der Waals surface area contributed by atoms with Gasteiger partial charge in [0.15, 0.2) is 0 Å². The molecule has 1 aliphatic rings. The van der Waals surface area contributed by atoms with Crippen LogP contribution in [-0.4, -0.2) is 6.54 Å². The van der Waals surface area contributed by atoms with E-state index in [9.17, 15) is 13.2 Å². The molecule has 0 bridgehead atoms. The first kappa shape index (κ1) is 11.5. The molecule has 0 amide bonds. The second-order valence-electron chi connectivity index (χ2n) is 4.27. The summed E-state index contributed by atoms with van der Waals surface area (Å²) < 4.78 is 37.2. The lowest BCUT2D eigenvalue weighted by atomic mass is 10.1. The maximum atomic E-state index is 12.4. The van der Waals surface area contributed by atoms with Crippen molar-refractivity contribution < 1.29 is 13.2 Å². The quantitative estimate of drug-likeness (QED) is 0.836. The monoisotopic (exact) mass is 229 g/mol. The molecule has 0 saturated heterocycles. The lowest BCUT2D eigenvalue weighted by molar-refractivity contribution is -0.137. The van der Waals surface area contributed by atoms with Crippen LogP contribution in [0.3, 0.4) is 0 Å². The highest BCUT2D eigenvalue weighted by Gasteiger charge is 2.30. The smallest absolute Gasteiger partial charge is 0.312 e. The average molecular weight is 229 g/mol. The Bertz CT molecular complexity index is 356. The van der Waals surface area contributed by atoms with Crippen LogP contribution in [-0.2, 0) is 12.7 Å². The van der Waals surface area contributed by atoms with E-state index in [4.69, 9.17) is 0 Å². The van der Waals surface area contributed by atoms with E-state index in [1.807, 2.05) is 0 Å². The third-order valence-electron chi connectivity index (χ3n) is 2.71. The molecule has 0 atom stereocenters. The molecule has 16 heavy (non-hydrogen) atoms. The minimum atomic E-state index is -4.24. The fourth-order valence-electron chi connectivity index (χ4n) is 1.60. The Morgan fingerprint density at radius 2 is 2.00 bits per heavy atom. The molecule has 1 aromatic rings. The molecule has 0 heterocycles. The number of alkyl halides is 3. The zero-order chi connectivity index (χ0) is 11.6. The molecule has 1 fully saturated rings. The van der Waals surface area contributed by atoms with Gasteiger partial charge in [0.2, 0.25) is 0 Å². The lowest BCUT2D eigenvalue weighted by Gasteiger charge is -2.09. The minimum absolute atomic E-state index is 0.514. The molecule has 1 aromatic carbocycles. The molecule has 1 saturated carbocycles. The predicted octanol–water partition coefficient (Wildman–Crippen LogP) is 3.21. The minimum Gasteiger partial charge on any atom is -0.312 e. The van der Waals surface area contributed by atoms with E-state index >= 15 is 0 Å². The fraction of sp³-hybridized carbons (Fsp3) is 0.500. The molecular formula is C12H14F3N. The van der Waals surface area contributed by atoms with Gasteiger partial charge in [0.05, 0.1) is 5.56 Å². The summed E-state index contributed by atoms with van der Waals surface area (Å²) in [6.45, 7) is 1.43. The van der Waals surface area contributed by atoms with Crippen LogP contribution in [0.5, 0.6) is 0 Å². The third-order valence-corrected chi connectivity index (χ3v) is 2.71. The molecule has 0 radical (unpaired) electrons. The van der Waals surface area contributed by atoms with Gasteiger partial charge in [-0.15, -0.1) is 0 Å². The molecular weight excluding hydrogens is 215 g/mol. The van der Waals surface area contributed by atoms with Crippen molar-refractivity contribution in [1.29, 1.82) is 0 Å². The molecule has 1 aliphatic carbocycles. The van der Waals surface area contributed by atoms with Gasteiger partial charge in [-0.1, -0.05) is 18.2 Å². The number of hydrogen-bond acceptors (Lipinski definition) is 1. The van der Waals surface area contributed by atoms with E-state index in [2.05, 4.69) is 5.32 Å². The third kappa shape index (κ3) is 3.23. The van der Waals surface area contributed by atoms with Gasteiger partial charge >= 0.3 is 6.18 Å². The summed E-state index contributed by atoms with van der Waals surface area (Å²) in [5.41, 5.74) is 0.119. The number of nitrogens with one attached hydrogen (secondary N) is 1. The molecule has 0 aromatic heterocycles. The summed E-state index contributed by atoms with van der Waals surface area (Å²) in [6.07, 6.45) is -1.75. The van der Waals surface area contributed by atoms with Crippen molar-refractivity contribution in [3.63, 3.8) is 0 Å². The van der Waals surface area contributed by atoms with Crippen LogP contribution in [0.4, 0.5) is 13.2 Å². The van der Waals surface area contributed by atoms with Crippen molar-refractivity contribution in [1.82, 2.24) is 5.32 Å². The number of benzene rings is 1. The molecule has 1 N–H and O–H groups in total. The van der Waals surface area contributed by atoms with E-state index in [1.54, 1.807) is 6.07 Å². The number of halogens is 3. The van der Waals surface area contributed by atoms with Crippen molar-refractivity contribution >= 4 is 0 Å². The van der Waals surface area contributed by atoms with Crippen LogP contribution < -0.4 is 5.32 Å². The van der Waals surface area contributed by atoms with Gasteiger partial charge in [-0.05, 0) is 36.9 Å². The SMILES string of the molecule is FC(F)(F)c1cccc(CNCC2CC2)c1. The molecule has 2 rings (SSSR count). The zero-order valence-corrected chi connectivity index (χ0v) is 8.85. The van der Waals surface area contributed by atoms with Crippen molar-refractivity contribution in [3.05, 3.63) is 35.4 Å². The summed E-state index contributed by atoms with van der Waals surface area (Å²) in [5, 5.41) is 3.17. The van der Waals surface area contributed by atoms with E-state index < -0.39 is 11.7 Å². The maximum Gasteiger partial charge on any atom is 0.416 e. The first-order valence-electron chi connectivity index (χ1n) is 5.42. The Morgan fingerprint density at radius 3 is 2.62 bits per heavy atom. The highest BCUT2D eigenvalue weighted by atomic mass is 19.4. The van der Waals surface area contributed by atoms with Crippen LogP contribution in [0.2, 0.25) is 0 Å². The van der Waals surface area contributed by atoms with Crippen LogP contribution in [0.1, 0.15) is 24.0 Å². The van der Waals surface area contributed by atoms with Gasteiger partial charge in [0.1, 0.15) is 0 Å². The van der Waals surface area contributed by atoms with E-state index in [0.717, 1.165) is 18.5 Å². The van der Waals surface area contributed by atoms with Gasteiger partial charge in [-0.3, -0.25) is 0 Å². The molecule has 0 aliphatic heterocycles. The van der Waals surface area contributed by atoms with Crippen LogP contribution in [0, 0.1) is 5.92 Å². The molecule has 0 unspecified atom stereocenters. The van der Waals surface area contributed by atoms with Gasteiger partial charge in [0, 0.05) is 6.54 Å². The lowest BCUT2D eigenvalue weighted by Crippen LogP contribution is -2.16. The Hall–Kier alpha value is -1.03. The van der Waals surface area contributed by atoms with Gasteiger partial charge in [-0.25, -0.2) is 0 Å².